The molecule has 1 heterocycles. The molecule has 222 valence electrons. The van der Waals surface area contributed by atoms with Crippen LogP contribution in [0.3, 0.4) is 0 Å². The van der Waals surface area contributed by atoms with Gasteiger partial charge in [0.15, 0.2) is 4.90 Å². The molecule has 16 heteroatoms. The number of furan rings is 1. The number of rotatable bonds is 12. The minimum atomic E-state index is -4.69. The molecule has 3 aromatic carbocycles. The van der Waals surface area contributed by atoms with Gasteiger partial charge < -0.3 is 13.9 Å². The minimum Gasteiger partial charge on any atom is -0.497 e. The van der Waals surface area contributed by atoms with Crippen LogP contribution < -0.4 is 19.2 Å². The predicted octanol–water partition coefficient (Wildman–Crippen LogP) is 4.13. The SMILES string of the molecule is COc1ccc(N(CC(=O)N/N=C\c2ccc(-c3ccc([N+](=O)[O-])cc3)o2)S(=O)(=O)c2ccccc2[N+](=O)[O-])c(OC)c1. The van der Waals surface area contributed by atoms with Gasteiger partial charge >= 0.3 is 0 Å². The van der Waals surface area contributed by atoms with Crippen molar-refractivity contribution in [1.82, 2.24) is 5.43 Å². The van der Waals surface area contributed by atoms with E-state index in [1.807, 2.05) is 0 Å². The number of nitrogens with zero attached hydrogens (tertiary/aromatic N) is 4. The Morgan fingerprint density at radius 3 is 2.35 bits per heavy atom. The molecule has 0 aliphatic heterocycles. The molecule has 4 aromatic rings. The first kappa shape index (κ1) is 30.2. The second kappa shape index (κ2) is 12.8. The molecule has 1 N–H and O–H groups in total. The van der Waals surface area contributed by atoms with E-state index in [2.05, 4.69) is 10.5 Å². The number of benzene rings is 3. The van der Waals surface area contributed by atoms with Crippen LogP contribution in [0.2, 0.25) is 0 Å². The second-order valence-corrected chi connectivity index (χ2v) is 10.4. The Balaban J connectivity index is 1.59. The second-order valence-electron chi connectivity index (χ2n) is 8.57. The third-order valence-corrected chi connectivity index (χ3v) is 7.75. The molecule has 0 aliphatic carbocycles. The van der Waals surface area contributed by atoms with Gasteiger partial charge in [-0.25, -0.2) is 13.8 Å². The van der Waals surface area contributed by atoms with Crippen molar-refractivity contribution in [2.24, 2.45) is 5.10 Å². The summed E-state index contributed by atoms with van der Waals surface area (Å²) in [7, 11) is -2.01. The van der Waals surface area contributed by atoms with Gasteiger partial charge in [-0.15, -0.1) is 0 Å². The summed E-state index contributed by atoms with van der Waals surface area (Å²) >= 11 is 0. The van der Waals surface area contributed by atoms with Gasteiger partial charge in [0.25, 0.3) is 27.3 Å². The van der Waals surface area contributed by atoms with Crippen molar-refractivity contribution in [3.63, 3.8) is 0 Å². The number of nitro benzene ring substituents is 2. The van der Waals surface area contributed by atoms with E-state index in [0.29, 0.717) is 21.4 Å². The molecule has 0 spiro atoms. The van der Waals surface area contributed by atoms with Gasteiger partial charge in [-0.3, -0.25) is 29.3 Å². The van der Waals surface area contributed by atoms with Crippen LogP contribution in [0.1, 0.15) is 5.76 Å². The van der Waals surface area contributed by atoms with Gasteiger partial charge in [0.1, 0.15) is 29.6 Å². The quantitative estimate of drug-likeness (QED) is 0.138. The Kier molecular flexibility index (Phi) is 9.00. The molecule has 0 radical (unpaired) electrons. The molecule has 0 bridgehead atoms. The van der Waals surface area contributed by atoms with Gasteiger partial charge in [0.2, 0.25) is 0 Å². The maximum absolute atomic E-state index is 13.8. The van der Waals surface area contributed by atoms with Crippen molar-refractivity contribution in [2.45, 2.75) is 4.90 Å². The molecular weight excluding hydrogens is 586 g/mol. The number of anilines is 1. The van der Waals surface area contributed by atoms with E-state index in [1.165, 1.54) is 75.0 Å². The third kappa shape index (κ3) is 6.76. The minimum absolute atomic E-state index is 0.0205. The van der Waals surface area contributed by atoms with Crippen molar-refractivity contribution >= 4 is 39.2 Å². The molecule has 0 atom stereocenters. The van der Waals surface area contributed by atoms with Crippen molar-refractivity contribution in [3.05, 3.63) is 105 Å². The number of ether oxygens (including phenoxy) is 2. The van der Waals surface area contributed by atoms with Crippen LogP contribution in [0.15, 0.2) is 93.3 Å². The van der Waals surface area contributed by atoms with Gasteiger partial charge in [0, 0.05) is 29.8 Å². The van der Waals surface area contributed by atoms with Crippen LogP contribution in [0.25, 0.3) is 11.3 Å². The molecule has 1 amide bonds. The fourth-order valence-corrected chi connectivity index (χ4v) is 5.49. The van der Waals surface area contributed by atoms with E-state index in [-0.39, 0.29) is 22.9 Å². The monoisotopic (exact) mass is 609 g/mol. The van der Waals surface area contributed by atoms with Crippen molar-refractivity contribution < 1.29 is 36.9 Å². The van der Waals surface area contributed by atoms with E-state index < -0.39 is 42.9 Å². The van der Waals surface area contributed by atoms with Crippen LogP contribution in [0.4, 0.5) is 17.1 Å². The number of hydrogen-bond acceptors (Lipinski definition) is 11. The normalized spacial score (nSPS) is 11.2. The van der Waals surface area contributed by atoms with Crippen LogP contribution in [-0.4, -0.2) is 51.2 Å². The first-order chi connectivity index (χ1) is 20.5. The number of amides is 1. The molecule has 0 saturated heterocycles. The Morgan fingerprint density at radius 1 is 0.977 bits per heavy atom. The lowest BCUT2D eigenvalue weighted by Crippen LogP contribution is -2.40. The Hall–Kier alpha value is -5.77. The summed E-state index contributed by atoms with van der Waals surface area (Å²) in [5.41, 5.74) is 1.94. The Bertz CT molecular complexity index is 1800. The number of methoxy groups -OCH3 is 2. The predicted molar refractivity (Wildman–Crippen MR) is 154 cm³/mol. The van der Waals surface area contributed by atoms with Gasteiger partial charge in [0.05, 0.1) is 36.0 Å². The number of nitrogens with one attached hydrogen (secondary N) is 1. The summed E-state index contributed by atoms with van der Waals surface area (Å²) in [4.78, 5) is 33.4. The number of hydrogen-bond donors (Lipinski definition) is 1. The zero-order chi connectivity index (χ0) is 31.1. The molecule has 43 heavy (non-hydrogen) atoms. The number of carbonyl (C=O) groups is 1. The molecule has 0 saturated carbocycles. The largest absolute Gasteiger partial charge is 0.497 e. The topological polar surface area (TPSA) is 197 Å². The maximum atomic E-state index is 13.8. The van der Waals surface area contributed by atoms with E-state index in [4.69, 9.17) is 13.9 Å². The zero-order valence-electron chi connectivity index (χ0n) is 22.6. The molecular formula is C27H23N5O10S. The standard InChI is InChI=1S/C27H23N5O10S/c1-40-20-11-13-22(25(15-20)41-2)30(43(38,39)26-6-4-3-5-23(26)32(36)37)17-27(33)29-28-16-21-12-14-24(42-21)18-7-9-19(10-8-18)31(34)35/h3-16H,17H2,1-2H3,(H,29,33)/b28-16-. The van der Waals surface area contributed by atoms with Crippen LogP contribution in [0.5, 0.6) is 11.5 Å². The third-order valence-electron chi connectivity index (χ3n) is 5.94. The highest BCUT2D eigenvalue weighted by Crippen LogP contribution is 2.37. The van der Waals surface area contributed by atoms with Gasteiger partial charge in [-0.2, -0.15) is 5.10 Å². The summed E-state index contributed by atoms with van der Waals surface area (Å²) in [6.45, 7) is -0.833. The van der Waals surface area contributed by atoms with Crippen LogP contribution in [0, 0.1) is 20.2 Å². The average molecular weight is 610 g/mol. The first-order valence-corrected chi connectivity index (χ1v) is 13.6. The number of carbonyl (C=O) groups excluding carboxylic acids is 1. The van der Waals surface area contributed by atoms with E-state index in [9.17, 15) is 33.4 Å². The van der Waals surface area contributed by atoms with Gasteiger partial charge in [-0.05, 0) is 42.5 Å². The highest BCUT2D eigenvalue weighted by Gasteiger charge is 2.34. The molecule has 15 nitrogen and oxygen atoms in total. The molecule has 0 fully saturated rings. The first-order valence-electron chi connectivity index (χ1n) is 12.2. The van der Waals surface area contributed by atoms with Crippen molar-refractivity contribution in [1.29, 1.82) is 0 Å². The number of non-ortho nitro benzene ring substituents is 1. The zero-order valence-corrected chi connectivity index (χ0v) is 23.4. The maximum Gasteiger partial charge on any atom is 0.289 e. The van der Waals surface area contributed by atoms with Crippen LogP contribution in [-0.2, 0) is 14.8 Å². The molecule has 0 aliphatic rings. The molecule has 0 unspecified atom stereocenters. The highest BCUT2D eigenvalue weighted by atomic mass is 32.2. The van der Waals surface area contributed by atoms with Crippen molar-refractivity contribution in [3.8, 4) is 22.8 Å². The lowest BCUT2D eigenvalue weighted by molar-refractivity contribution is -0.387. The van der Waals surface area contributed by atoms with E-state index >= 15 is 0 Å². The summed E-state index contributed by atoms with van der Waals surface area (Å²) < 4.78 is 44.3. The summed E-state index contributed by atoms with van der Waals surface area (Å²) in [6, 6.07) is 17.7. The highest BCUT2D eigenvalue weighted by molar-refractivity contribution is 7.93. The van der Waals surface area contributed by atoms with Gasteiger partial charge in [-0.1, -0.05) is 12.1 Å². The number of hydrazone groups is 1. The lowest BCUT2D eigenvalue weighted by atomic mass is 10.1. The summed E-state index contributed by atoms with van der Waals surface area (Å²) in [5, 5.41) is 26.3. The lowest BCUT2D eigenvalue weighted by Gasteiger charge is -2.25. The Labute approximate surface area is 244 Å². The summed E-state index contributed by atoms with van der Waals surface area (Å²) in [6.07, 6.45) is 1.17. The van der Waals surface area contributed by atoms with E-state index in [1.54, 1.807) is 12.1 Å². The molecule has 4 rings (SSSR count). The number of para-hydroxylation sites is 1. The number of nitro groups is 2. The average Bonchev–Trinajstić information content (AvgIpc) is 3.48. The fraction of sp³-hybridized carbons (Fsp3) is 0.111. The molecule has 1 aromatic heterocycles. The van der Waals surface area contributed by atoms with Crippen molar-refractivity contribution in [2.75, 3.05) is 25.1 Å². The van der Waals surface area contributed by atoms with E-state index in [0.717, 1.165) is 12.1 Å². The number of sulfonamides is 1. The summed E-state index contributed by atoms with van der Waals surface area (Å²) in [5.74, 6) is 0.0701. The smallest absolute Gasteiger partial charge is 0.289 e. The van der Waals surface area contributed by atoms with Crippen LogP contribution >= 0.6 is 0 Å². The fourth-order valence-electron chi connectivity index (χ4n) is 3.89. The Morgan fingerprint density at radius 2 is 1.70 bits per heavy atom.